The van der Waals surface area contributed by atoms with E-state index in [0.717, 1.165) is 25.9 Å². The lowest BCUT2D eigenvalue weighted by molar-refractivity contribution is -0.282. The molecular weight excluding hydrogens is 210 g/mol. The van der Waals surface area contributed by atoms with E-state index in [1.165, 1.54) is 0 Å². The van der Waals surface area contributed by atoms with E-state index >= 15 is 0 Å². The van der Waals surface area contributed by atoms with E-state index in [9.17, 15) is 5.11 Å². The van der Waals surface area contributed by atoms with E-state index in [4.69, 9.17) is 14.2 Å². The van der Waals surface area contributed by atoms with Crippen molar-refractivity contribution in [3.8, 4) is 0 Å². The normalized spacial score (nSPS) is 28.7. The molecule has 5 nitrogen and oxygen atoms in total. The van der Waals surface area contributed by atoms with Gasteiger partial charge in [0.25, 0.3) is 0 Å². The van der Waals surface area contributed by atoms with Crippen molar-refractivity contribution in [1.82, 2.24) is 4.90 Å². The van der Waals surface area contributed by atoms with Crippen LogP contribution in [-0.4, -0.2) is 68.5 Å². The van der Waals surface area contributed by atoms with E-state index in [1.807, 2.05) is 0 Å². The van der Waals surface area contributed by atoms with Gasteiger partial charge >= 0.3 is 0 Å². The van der Waals surface area contributed by atoms with Crippen LogP contribution in [0.25, 0.3) is 0 Å². The first-order valence-corrected chi connectivity index (χ1v) is 5.74. The molecule has 0 radical (unpaired) electrons. The fourth-order valence-corrected chi connectivity index (χ4v) is 2.41. The summed E-state index contributed by atoms with van der Waals surface area (Å²) in [4.78, 5) is 2.16. The van der Waals surface area contributed by atoms with Gasteiger partial charge in [-0.15, -0.1) is 0 Å². The van der Waals surface area contributed by atoms with Gasteiger partial charge in [-0.05, 0) is 0 Å². The molecule has 2 rings (SSSR count). The second-order valence-corrected chi connectivity index (χ2v) is 4.80. The highest BCUT2D eigenvalue weighted by Crippen LogP contribution is 2.29. The van der Waals surface area contributed by atoms with Crippen LogP contribution >= 0.6 is 0 Å². The number of ether oxygens (including phenoxy) is 3. The first-order valence-electron chi connectivity index (χ1n) is 5.74. The lowest BCUT2D eigenvalue weighted by Gasteiger charge is -2.50. The molecule has 2 heterocycles. The summed E-state index contributed by atoms with van der Waals surface area (Å²) in [6, 6.07) is 0. The third-order valence-corrected chi connectivity index (χ3v) is 3.61. The maximum atomic E-state index is 10.3. The molecule has 0 amide bonds. The van der Waals surface area contributed by atoms with Crippen LogP contribution in [0.4, 0.5) is 0 Å². The Hall–Kier alpha value is -0.200. The number of likely N-dealkylation sites (tertiary alicyclic amines) is 1. The van der Waals surface area contributed by atoms with Gasteiger partial charge < -0.3 is 19.3 Å². The van der Waals surface area contributed by atoms with Crippen molar-refractivity contribution < 1.29 is 19.3 Å². The van der Waals surface area contributed by atoms with Crippen LogP contribution in [0.2, 0.25) is 0 Å². The molecule has 0 spiro atoms. The highest BCUT2D eigenvalue weighted by Gasteiger charge is 2.46. The van der Waals surface area contributed by atoms with Crippen molar-refractivity contribution in [1.29, 1.82) is 0 Å². The maximum absolute atomic E-state index is 10.3. The second-order valence-electron chi connectivity index (χ2n) is 4.80. The Kier molecular flexibility index (Phi) is 3.51. The number of nitrogens with zero attached hydrogens (tertiary/aromatic N) is 1. The summed E-state index contributed by atoms with van der Waals surface area (Å²) in [5, 5.41) is 10.3. The molecule has 0 aliphatic carbocycles. The van der Waals surface area contributed by atoms with Gasteiger partial charge in [0.05, 0.1) is 18.7 Å². The van der Waals surface area contributed by atoms with Crippen molar-refractivity contribution >= 4 is 0 Å². The number of rotatable bonds is 4. The summed E-state index contributed by atoms with van der Waals surface area (Å²) in [6.45, 7) is 3.45. The van der Waals surface area contributed by atoms with Crippen molar-refractivity contribution in [2.75, 3.05) is 47.1 Å². The molecule has 16 heavy (non-hydrogen) atoms. The van der Waals surface area contributed by atoms with Gasteiger partial charge in [0.1, 0.15) is 0 Å². The van der Waals surface area contributed by atoms with E-state index in [2.05, 4.69) is 4.90 Å². The maximum Gasteiger partial charge on any atom is 0.193 e. The van der Waals surface area contributed by atoms with Crippen molar-refractivity contribution in [2.45, 2.75) is 24.2 Å². The van der Waals surface area contributed by atoms with E-state index in [1.54, 1.807) is 14.2 Å². The third kappa shape index (κ3) is 2.38. The molecule has 0 atom stereocenters. The van der Waals surface area contributed by atoms with Crippen LogP contribution in [0, 0.1) is 0 Å². The number of hydrogen-bond acceptors (Lipinski definition) is 5. The van der Waals surface area contributed by atoms with Gasteiger partial charge in [0, 0.05) is 46.8 Å². The van der Waals surface area contributed by atoms with Crippen molar-refractivity contribution in [3.05, 3.63) is 0 Å². The van der Waals surface area contributed by atoms with E-state index < -0.39 is 11.4 Å². The van der Waals surface area contributed by atoms with Gasteiger partial charge in [-0.2, -0.15) is 0 Å². The van der Waals surface area contributed by atoms with Crippen LogP contribution in [0.15, 0.2) is 0 Å². The van der Waals surface area contributed by atoms with E-state index in [-0.39, 0.29) is 0 Å². The Labute approximate surface area is 96.3 Å². The van der Waals surface area contributed by atoms with Crippen LogP contribution < -0.4 is 0 Å². The standard InChI is InChI=1S/C11H21NO4/c1-14-11(15-2)8-12(9-11)7-10(13)3-5-16-6-4-10/h13H,3-9H2,1-2H3. The quantitative estimate of drug-likeness (QED) is 0.681. The zero-order chi connectivity index (χ0) is 11.6. The highest BCUT2D eigenvalue weighted by atomic mass is 16.7. The topological polar surface area (TPSA) is 51.2 Å². The Morgan fingerprint density at radius 2 is 1.75 bits per heavy atom. The molecule has 1 N–H and O–H groups in total. The molecular formula is C11H21NO4. The molecule has 5 heteroatoms. The lowest BCUT2D eigenvalue weighted by atomic mass is 9.91. The van der Waals surface area contributed by atoms with Crippen molar-refractivity contribution in [2.24, 2.45) is 0 Å². The number of β-amino-alcohol motifs (C(OH)–C–C–N with tert-alkyl or cyclic N) is 1. The second kappa shape index (κ2) is 4.58. The average molecular weight is 231 g/mol. The smallest absolute Gasteiger partial charge is 0.193 e. The third-order valence-electron chi connectivity index (χ3n) is 3.61. The van der Waals surface area contributed by atoms with Gasteiger partial charge in [0.15, 0.2) is 5.79 Å². The monoisotopic (exact) mass is 231 g/mol. The Morgan fingerprint density at radius 1 is 1.19 bits per heavy atom. The van der Waals surface area contributed by atoms with Crippen molar-refractivity contribution in [3.63, 3.8) is 0 Å². The summed E-state index contributed by atoms with van der Waals surface area (Å²) in [5.74, 6) is -0.457. The summed E-state index contributed by atoms with van der Waals surface area (Å²) in [7, 11) is 3.31. The minimum atomic E-state index is -0.591. The first-order chi connectivity index (χ1) is 7.61. The summed E-state index contributed by atoms with van der Waals surface area (Å²) in [5.41, 5.74) is -0.591. The van der Waals surface area contributed by atoms with Gasteiger partial charge in [-0.25, -0.2) is 0 Å². The summed E-state index contributed by atoms with van der Waals surface area (Å²) < 4.78 is 15.9. The van der Waals surface area contributed by atoms with Gasteiger partial charge in [-0.3, -0.25) is 4.90 Å². The SMILES string of the molecule is COC1(OC)CN(CC2(O)CCOCC2)C1. The fraction of sp³-hybridized carbons (Fsp3) is 1.00. The van der Waals surface area contributed by atoms with Crippen LogP contribution in [0.5, 0.6) is 0 Å². The first kappa shape index (κ1) is 12.3. The predicted octanol–water partition coefficient (Wildman–Crippen LogP) is -0.167. The Balaban J connectivity index is 1.80. The lowest BCUT2D eigenvalue weighted by Crippen LogP contribution is -2.66. The predicted molar refractivity (Wildman–Crippen MR) is 58.2 cm³/mol. The molecule has 94 valence electrons. The van der Waals surface area contributed by atoms with Gasteiger partial charge in [-0.1, -0.05) is 0 Å². The molecule has 2 aliphatic heterocycles. The van der Waals surface area contributed by atoms with Crippen LogP contribution in [0.1, 0.15) is 12.8 Å². The minimum absolute atomic E-state index is 0.457. The molecule has 0 aromatic carbocycles. The Morgan fingerprint density at radius 3 is 2.25 bits per heavy atom. The average Bonchev–Trinajstić information content (AvgIpc) is 2.24. The molecule has 2 aliphatic rings. The Bertz CT molecular complexity index is 228. The molecule has 0 aromatic rings. The molecule has 0 saturated carbocycles. The summed E-state index contributed by atoms with van der Waals surface area (Å²) >= 11 is 0. The fourth-order valence-electron chi connectivity index (χ4n) is 2.41. The zero-order valence-corrected chi connectivity index (χ0v) is 10.1. The number of aliphatic hydroxyl groups is 1. The van der Waals surface area contributed by atoms with Crippen LogP contribution in [0.3, 0.4) is 0 Å². The minimum Gasteiger partial charge on any atom is -0.388 e. The van der Waals surface area contributed by atoms with E-state index in [0.29, 0.717) is 19.8 Å². The largest absolute Gasteiger partial charge is 0.388 e. The molecule has 0 unspecified atom stereocenters. The summed E-state index contributed by atoms with van der Waals surface area (Å²) in [6.07, 6.45) is 1.44. The van der Waals surface area contributed by atoms with Gasteiger partial charge in [0.2, 0.25) is 0 Å². The molecule has 2 fully saturated rings. The zero-order valence-electron chi connectivity index (χ0n) is 10.1. The van der Waals surface area contributed by atoms with Crippen LogP contribution in [-0.2, 0) is 14.2 Å². The molecule has 0 bridgehead atoms. The molecule has 0 aromatic heterocycles. The number of methoxy groups -OCH3 is 2. The molecule has 2 saturated heterocycles. The highest BCUT2D eigenvalue weighted by molar-refractivity contribution is 4.94. The number of hydrogen-bond donors (Lipinski definition) is 1.